The number of hydrogen-bond acceptors (Lipinski definition) is 4. The van der Waals surface area contributed by atoms with Crippen LogP contribution in [-0.4, -0.2) is 31.8 Å². The predicted octanol–water partition coefficient (Wildman–Crippen LogP) is 1.39. The molecule has 0 unspecified atom stereocenters. The second kappa shape index (κ2) is 7.11. The van der Waals surface area contributed by atoms with Crippen LogP contribution in [0.5, 0.6) is 0 Å². The maximum absolute atomic E-state index is 6.12. The highest BCUT2D eigenvalue weighted by atomic mass is 15.3. The average molecular weight is 310 g/mol. The number of fused-ring (bicyclic) bond motifs is 1. The Morgan fingerprint density at radius 1 is 1.35 bits per heavy atom. The number of hydrogen-bond donors (Lipinski definition) is 2. The fourth-order valence-corrected chi connectivity index (χ4v) is 3.57. The molecular formula is C18H27BN4. The minimum Gasteiger partial charge on any atom is -0.387 e. The summed E-state index contributed by atoms with van der Waals surface area (Å²) in [6.07, 6.45) is 6.63. The summed E-state index contributed by atoms with van der Waals surface area (Å²) in [5.74, 6) is 1.27. The van der Waals surface area contributed by atoms with Crippen molar-refractivity contribution in [2.24, 2.45) is 16.6 Å². The molecular weight excluding hydrogens is 283 g/mol. The van der Waals surface area contributed by atoms with Gasteiger partial charge in [-0.3, -0.25) is 0 Å². The van der Waals surface area contributed by atoms with Crippen LogP contribution in [0.25, 0.3) is 0 Å². The zero-order valence-corrected chi connectivity index (χ0v) is 14.1. The predicted molar refractivity (Wildman–Crippen MR) is 100 cm³/mol. The molecule has 0 bridgehead atoms. The molecule has 5 heteroatoms. The molecule has 1 aromatic carbocycles. The zero-order chi connectivity index (χ0) is 16.2. The van der Waals surface area contributed by atoms with Gasteiger partial charge in [-0.1, -0.05) is 43.4 Å². The quantitative estimate of drug-likeness (QED) is 0.808. The number of guanidine groups is 1. The Morgan fingerprint density at radius 2 is 2.13 bits per heavy atom. The molecule has 0 radical (unpaired) electrons. The molecule has 0 spiro atoms. The molecule has 3 N–H and O–H groups in total. The standard InChI is InChI=1S/C18H27BN4/c1-13(14-5-3-2-4-6-14)21-9-10-23-12-15-11-16(19)7-8-17(15)22-18(23)20/h7-8,11,14,21H,1-6,9-10,12,19H2,(H2,20,22). The summed E-state index contributed by atoms with van der Waals surface area (Å²) < 4.78 is 0. The van der Waals surface area contributed by atoms with Gasteiger partial charge in [-0.05, 0) is 30.4 Å². The van der Waals surface area contributed by atoms with E-state index in [0.29, 0.717) is 11.9 Å². The van der Waals surface area contributed by atoms with Gasteiger partial charge in [0, 0.05) is 25.3 Å². The molecule has 4 nitrogen and oxygen atoms in total. The molecule has 3 rings (SSSR count). The Hall–Kier alpha value is -1.91. The van der Waals surface area contributed by atoms with E-state index < -0.39 is 0 Å². The number of nitrogens with zero attached hydrogens (tertiary/aromatic N) is 2. The van der Waals surface area contributed by atoms with E-state index in [1.54, 1.807) is 0 Å². The molecule has 122 valence electrons. The average Bonchev–Trinajstić information content (AvgIpc) is 2.56. The summed E-state index contributed by atoms with van der Waals surface area (Å²) in [5.41, 5.74) is 10.8. The fourth-order valence-electron chi connectivity index (χ4n) is 3.57. The topological polar surface area (TPSA) is 53.6 Å². The van der Waals surface area contributed by atoms with E-state index >= 15 is 0 Å². The van der Waals surface area contributed by atoms with Gasteiger partial charge < -0.3 is 16.0 Å². The molecule has 2 aliphatic rings. The fraction of sp³-hybridized carbons (Fsp3) is 0.500. The minimum absolute atomic E-state index is 0.617. The smallest absolute Gasteiger partial charge is 0.196 e. The third kappa shape index (κ3) is 3.90. The second-order valence-electron chi connectivity index (χ2n) is 6.81. The molecule has 1 aliphatic carbocycles. The highest BCUT2D eigenvalue weighted by molar-refractivity contribution is 6.32. The lowest BCUT2D eigenvalue weighted by atomic mass is 9.87. The van der Waals surface area contributed by atoms with Crippen LogP contribution in [0, 0.1) is 5.92 Å². The molecule has 0 saturated heterocycles. The molecule has 1 aliphatic heterocycles. The Morgan fingerprint density at radius 3 is 2.91 bits per heavy atom. The molecule has 1 heterocycles. The summed E-state index contributed by atoms with van der Waals surface area (Å²) in [6.45, 7) is 6.80. The van der Waals surface area contributed by atoms with Gasteiger partial charge in [0.05, 0.1) is 5.69 Å². The van der Waals surface area contributed by atoms with E-state index in [1.165, 1.54) is 48.8 Å². The number of aliphatic imine (C=N–C) groups is 1. The second-order valence-corrected chi connectivity index (χ2v) is 6.81. The first-order valence-corrected chi connectivity index (χ1v) is 8.75. The van der Waals surface area contributed by atoms with Crippen LogP contribution >= 0.6 is 0 Å². The first-order chi connectivity index (χ1) is 11.1. The molecule has 23 heavy (non-hydrogen) atoms. The zero-order valence-electron chi connectivity index (χ0n) is 14.1. The Labute approximate surface area is 140 Å². The van der Waals surface area contributed by atoms with Crippen LogP contribution in [0.4, 0.5) is 5.69 Å². The van der Waals surface area contributed by atoms with Crippen molar-refractivity contribution in [1.29, 1.82) is 0 Å². The van der Waals surface area contributed by atoms with Crippen molar-refractivity contribution in [3.8, 4) is 0 Å². The number of allylic oxidation sites excluding steroid dienone is 1. The van der Waals surface area contributed by atoms with Gasteiger partial charge in [-0.25, -0.2) is 4.99 Å². The van der Waals surface area contributed by atoms with Crippen LogP contribution in [-0.2, 0) is 6.54 Å². The van der Waals surface area contributed by atoms with Crippen LogP contribution < -0.4 is 16.5 Å². The monoisotopic (exact) mass is 310 g/mol. The highest BCUT2D eigenvalue weighted by Gasteiger charge is 2.19. The first kappa shape index (κ1) is 16.0. The van der Waals surface area contributed by atoms with Gasteiger partial charge in [0.2, 0.25) is 0 Å². The van der Waals surface area contributed by atoms with E-state index in [9.17, 15) is 0 Å². The van der Waals surface area contributed by atoms with Gasteiger partial charge >= 0.3 is 0 Å². The lowest BCUT2D eigenvalue weighted by molar-refractivity contribution is 0.369. The van der Waals surface area contributed by atoms with Gasteiger partial charge in [0.1, 0.15) is 7.85 Å². The van der Waals surface area contributed by atoms with Crippen molar-refractivity contribution in [2.45, 2.75) is 38.6 Å². The summed E-state index contributed by atoms with van der Waals surface area (Å²) in [7, 11) is 2.11. The first-order valence-electron chi connectivity index (χ1n) is 8.75. The number of nitrogens with one attached hydrogen (secondary N) is 1. The van der Waals surface area contributed by atoms with E-state index in [0.717, 1.165) is 25.3 Å². The number of nitrogens with two attached hydrogens (primary N) is 1. The van der Waals surface area contributed by atoms with Crippen molar-refractivity contribution in [3.05, 3.63) is 36.0 Å². The molecule has 1 fully saturated rings. The third-order valence-electron chi connectivity index (χ3n) is 4.99. The van der Waals surface area contributed by atoms with E-state index in [-0.39, 0.29) is 0 Å². The van der Waals surface area contributed by atoms with Gasteiger partial charge in [-0.2, -0.15) is 0 Å². The lowest BCUT2D eigenvalue weighted by Crippen LogP contribution is -2.42. The van der Waals surface area contributed by atoms with Gasteiger partial charge in [-0.15, -0.1) is 0 Å². The van der Waals surface area contributed by atoms with E-state index in [1.807, 2.05) is 0 Å². The Kier molecular flexibility index (Phi) is 4.94. The van der Waals surface area contributed by atoms with Crippen LogP contribution in [0.1, 0.15) is 37.7 Å². The summed E-state index contributed by atoms with van der Waals surface area (Å²) in [6, 6.07) is 6.34. The van der Waals surface area contributed by atoms with Crippen LogP contribution in [0.2, 0.25) is 0 Å². The Bertz CT molecular complexity index is 605. The largest absolute Gasteiger partial charge is 0.387 e. The van der Waals surface area contributed by atoms with Crippen molar-refractivity contribution >= 4 is 25.0 Å². The summed E-state index contributed by atoms with van der Waals surface area (Å²) in [4.78, 5) is 6.67. The number of rotatable bonds is 5. The molecule has 0 amide bonds. The third-order valence-corrected chi connectivity index (χ3v) is 4.99. The van der Waals surface area contributed by atoms with Crippen molar-refractivity contribution in [3.63, 3.8) is 0 Å². The van der Waals surface area contributed by atoms with Gasteiger partial charge in [0.25, 0.3) is 0 Å². The Balaban J connectivity index is 1.52. The van der Waals surface area contributed by atoms with E-state index in [2.05, 4.69) is 47.8 Å². The summed E-state index contributed by atoms with van der Waals surface area (Å²) in [5, 5.41) is 3.51. The maximum atomic E-state index is 6.12. The van der Waals surface area contributed by atoms with Crippen molar-refractivity contribution < 1.29 is 0 Å². The minimum atomic E-state index is 0.617. The molecule has 1 aromatic rings. The molecule has 0 aromatic heterocycles. The lowest BCUT2D eigenvalue weighted by Gasteiger charge is -2.30. The van der Waals surface area contributed by atoms with Crippen molar-refractivity contribution in [1.82, 2.24) is 10.2 Å². The summed E-state index contributed by atoms with van der Waals surface area (Å²) >= 11 is 0. The van der Waals surface area contributed by atoms with Crippen LogP contribution in [0.3, 0.4) is 0 Å². The normalized spacial score (nSPS) is 18.3. The number of benzene rings is 1. The maximum Gasteiger partial charge on any atom is 0.196 e. The highest BCUT2D eigenvalue weighted by Crippen LogP contribution is 2.27. The van der Waals surface area contributed by atoms with E-state index in [4.69, 9.17) is 5.73 Å². The van der Waals surface area contributed by atoms with Crippen LogP contribution in [0.15, 0.2) is 35.5 Å². The van der Waals surface area contributed by atoms with Crippen molar-refractivity contribution in [2.75, 3.05) is 13.1 Å². The SMILES string of the molecule is Bc1ccc2c(c1)CN(CCNC(=C)C1CCCCC1)C(N)=N2. The molecule has 0 atom stereocenters. The van der Waals surface area contributed by atoms with Gasteiger partial charge in [0.15, 0.2) is 5.96 Å². The molecule has 1 saturated carbocycles.